The highest BCUT2D eigenvalue weighted by molar-refractivity contribution is 5.73. The fraction of sp³-hybridized carbons (Fsp3) is 0.643. The van der Waals surface area contributed by atoms with Gasteiger partial charge in [-0.3, -0.25) is 4.79 Å². The van der Waals surface area contributed by atoms with Crippen molar-refractivity contribution in [3.8, 4) is 5.75 Å². The van der Waals surface area contributed by atoms with Crippen molar-refractivity contribution < 1.29 is 9.53 Å². The summed E-state index contributed by atoms with van der Waals surface area (Å²) in [6, 6.07) is 0.161. The van der Waals surface area contributed by atoms with Crippen LogP contribution in [0.15, 0.2) is 6.33 Å². The second-order valence-electron chi connectivity index (χ2n) is 5.14. The largest absolute Gasteiger partial charge is 0.490 e. The van der Waals surface area contributed by atoms with Gasteiger partial charge in [0.25, 0.3) is 0 Å². The van der Waals surface area contributed by atoms with Crippen LogP contribution in [0.4, 0.5) is 11.6 Å². The van der Waals surface area contributed by atoms with Crippen molar-refractivity contribution in [2.24, 2.45) is 0 Å². The van der Waals surface area contributed by atoms with Crippen LogP contribution >= 0.6 is 0 Å². The second kappa shape index (κ2) is 7.10. The lowest BCUT2D eigenvalue weighted by Crippen LogP contribution is -2.35. The first-order valence-electron chi connectivity index (χ1n) is 7.30. The van der Waals surface area contributed by atoms with E-state index in [1.165, 1.54) is 0 Å². The van der Waals surface area contributed by atoms with Crippen LogP contribution in [-0.2, 0) is 4.79 Å². The molecule has 1 aromatic heterocycles. The van der Waals surface area contributed by atoms with E-state index >= 15 is 0 Å². The first-order chi connectivity index (χ1) is 10.2. The average molecular weight is 293 g/mol. The zero-order chi connectivity index (χ0) is 15.2. The van der Waals surface area contributed by atoms with E-state index in [2.05, 4.69) is 32.4 Å². The van der Waals surface area contributed by atoms with E-state index in [4.69, 9.17) is 4.74 Å². The number of nitrogens with one attached hydrogen (secondary N) is 2. The van der Waals surface area contributed by atoms with Crippen molar-refractivity contribution in [3.05, 3.63) is 6.33 Å². The van der Waals surface area contributed by atoms with Crippen molar-refractivity contribution in [1.82, 2.24) is 15.3 Å². The molecule has 1 unspecified atom stereocenters. The summed E-state index contributed by atoms with van der Waals surface area (Å²) in [7, 11) is 1.63. The highest BCUT2D eigenvalue weighted by atomic mass is 16.5. The van der Waals surface area contributed by atoms with E-state index in [-0.39, 0.29) is 11.9 Å². The summed E-state index contributed by atoms with van der Waals surface area (Å²) in [6.07, 6.45) is 3.46. The molecule has 0 saturated carbocycles. The number of carbonyl (C=O) groups is 1. The van der Waals surface area contributed by atoms with Gasteiger partial charge in [0.2, 0.25) is 11.7 Å². The molecule has 21 heavy (non-hydrogen) atoms. The molecule has 1 saturated heterocycles. The number of nitrogens with zero attached hydrogens (tertiary/aromatic N) is 3. The van der Waals surface area contributed by atoms with Gasteiger partial charge < -0.3 is 20.3 Å². The summed E-state index contributed by atoms with van der Waals surface area (Å²) >= 11 is 0. The molecule has 1 atom stereocenters. The van der Waals surface area contributed by atoms with E-state index < -0.39 is 0 Å². The van der Waals surface area contributed by atoms with E-state index in [1.54, 1.807) is 20.4 Å². The monoisotopic (exact) mass is 293 g/mol. The first-order valence-corrected chi connectivity index (χ1v) is 7.30. The smallest absolute Gasteiger partial charge is 0.217 e. The fourth-order valence-electron chi connectivity index (χ4n) is 2.50. The molecule has 0 spiro atoms. The number of rotatable bonds is 6. The first kappa shape index (κ1) is 15.3. The maximum absolute atomic E-state index is 11.1. The Morgan fingerprint density at radius 3 is 3.00 bits per heavy atom. The summed E-state index contributed by atoms with van der Waals surface area (Å²) in [5.41, 5.74) is 0. The number of hydrogen-bond donors (Lipinski definition) is 2. The Labute approximate surface area is 125 Å². The summed E-state index contributed by atoms with van der Waals surface area (Å²) in [6.45, 7) is 6.05. The SMILES string of the molecule is CCCNc1ncnc(N2CCC(NC(C)=O)C2)c1OC. The van der Waals surface area contributed by atoms with Gasteiger partial charge in [0.1, 0.15) is 6.33 Å². The molecule has 7 heteroatoms. The molecular formula is C14H23N5O2. The van der Waals surface area contributed by atoms with Crippen LogP contribution in [0.25, 0.3) is 0 Å². The van der Waals surface area contributed by atoms with E-state index in [1.807, 2.05) is 0 Å². The highest BCUT2D eigenvalue weighted by Crippen LogP contribution is 2.33. The molecule has 0 aromatic carbocycles. The lowest BCUT2D eigenvalue weighted by Gasteiger charge is -2.21. The summed E-state index contributed by atoms with van der Waals surface area (Å²) in [5.74, 6) is 2.16. The molecule has 116 valence electrons. The van der Waals surface area contributed by atoms with Crippen LogP contribution in [0.5, 0.6) is 5.75 Å². The predicted molar refractivity (Wildman–Crippen MR) is 81.8 cm³/mol. The second-order valence-corrected chi connectivity index (χ2v) is 5.14. The van der Waals surface area contributed by atoms with Crippen LogP contribution in [0, 0.1) is 0 Å². The molecule has 2 heterocycles. The van der Waals surface area contributed by atoms with Crippen LogP contribution in [-0.4, -0.2) is 48.7 Å². The molecule has 0 aliphatic carbocycles. The Balaban J connectivity index is 2.14. The quantitative estimate of drug-likeness (QED) is 0.815. The molecule has 1 aliphatic heterocycles. The Kier molecular flexibility index (Phi) is 5.19. The molecule has 2 rings (SSSR count). The lowest BCUT2D eigenvalue weighted by atomic mass is 10.2. The minimum Gasteiger partial charge on any atom is -0.490 e. The average Bonchev–Trinajstić information content (AvgIpc) is 2.92. The molecule has 1 aliphatic rings. The zero-order valence-electron chi connectivity index (χ0n) is 12.8. The Morgan fingerprint density at radius 1 is 1.52 bits per heavy atom. The normalized spacial score (nSPS) is 17.7. The van der Waals surface area contributed by atoms with Crippen LogP contribution < -0.4 is 20.3 Å². The third-order valence-electron chi connectivity index (χ3n) is 3.43. The topological polar surface area (TPSA) is 79.4 Å². The summed E-state index contributed by atoms with van der Waals surface area (Å²) in [4.78, 5) is 21.9. The van der Waals surface area contributed by atoms with Gasteiger partial charge in [-0.2, -0.15) is 0 Å². The van der Waals surface area contributed by atoms with E-state index in [9.17, 15) is 4.79 Å². The van der Waals surface area contributed by atoms with Gasteiger partial charge in [-0.1, -0.05) is 6.92 Å². The van der Waals surface area contributed by atoms with E-state index in [0.29, 0.717) is 11.6 Å². The molecule has 2 N–H and O–H groups in total. The van der Waals surface area contributed by atoms with Crippen LogP contribution in [0.3, 0.4) is 0 Å². The van der Waals surface area contributed by atoms with Gasteiger partial charge >= 0.3 is 0 Å². The maximum atomic E-state index is 11.1. The summed E-state index contributed by atoms with van der Waals surface area (Å²) in [5, 5.41) is 6.20. The Hall–Kier alpha value is -2.05. The number of carbonyl (C=O) groups excluding carboxylic acids is 1. The molecule has 1 amide bonds. The molecule has 0 bridgehead atoms. The van der Waals surface area contributed by atoms with Crippen LogP contribution in [0.2, 0.25) is 0 Å². The lowest BCUT2D eigenvalue weighted by molar-refractivity contribution is -0.119. The number of anilines is 2. The van der Waals surface area contributed by atoms with Crippen molar-refractivity contribution >= 4 is 17.5 Å². The summed E-state index contributed by atoms with van der Waals surface area (Å²) < 4.78 is 5.49. The number of methoxy groups -OCH3 is 1. The van der Waals surface area contributed by atoms with E-state index in [0.717, 1.165) is 38.3 Å². The Morgan fingerprint density at radius 2 is 2.33 bits per heavy atom. The number of ether oxygens (including phenoxy) is 1. The minimum absolute atomic E-state index is 0.00167. The van der Waals surface area contributed by atoms with Gasteiger partial charge in [0.15, 0.2) is 11.6 Å². The number of hydrogen-bond acceptors (Lipinski definition) is 6. The number of aromatic nitrogens is 2. The predicted octanol–water partition coefficient (Wildman–Crippen LogP) is 1.02. The van der Waals surface area contributed by atoms with Gasteiger partial charge in [-0.25, -0.2) is 9.97 Å². The van der Waals surface area contributed by atoms with Crippen molar-refractivity contribution in [1.29, 1.82) is 0 Å². The third kappa shape index (κ3) is 3.74. The van der Waals surface area contributed by atoms with Crippen LogP contribution in [0.1, 0.15) is 26.7 Å². The molecule has 1 aromatic rings. The highest BCUT2D eigenvalue weighted by Gasteiger charge is 2.27. The third-order valence-corrected chi connectivity index (χ3v) is 3.43. The van der Waals surface area contributed by atoms with Gasteiger partial charge in [-0.15, -0.1) is 0 Å². The van der Waals surface area contributed by atoms with Gasteiger partial charge in [0, 0.05) is 32.6 Å². The van der Waals surface area contributed by atoms with Gasteiger partial charge in [0.05, 0.1) is 7.11 Å². The standard InChI is InChI=1S/C14H23N5O2/c1-4-6-15-13-12(21-3)14(17-9-16-13)19-7-5-11(8-19)18-10(2)20/h9,11H,4-8H2,1-3H3,(H,18,20)(H,15,16,17). The molecular weight excluding hydrogens is 270 g/mol. The minimum atomic E-state index is 0.00167. The zero-order valence-corrected chi connectivity index (χ0v) is 12.8. The Bertz CT molecular complexity index is 494. The van der Waals surface area contributed by atoms with Crippen molar-refractivity contribution in [2.45, 2.75) is 32.7 Å². The van der Waals surface area contributed by atoms with Gasteiger partial charge in [-0.05, 0) is 12.8 Å². The fourth-order valence-corrected chi connectivity index (χ4v) is 2.50. The molecule has 7 nitrogen and oxygen atoms in total. The molecule has 0 radical (unpaired) electrons. The van der Waals surface area contributed by atoms with Crippen molar-refractivity contribution in [3.63, 3.8) is 0 Å². The molecule has 1 fully saturated rings. The number of amides is 1. The maximum Gasteiger partial charge on any atom is 0.217 e. The van der Waals surface area contributed by atoms with Crippen molar-refractivity contribution in [2.75, 3.05) is 37.0 Å².